The number of rotatable bonds is 5. The highest BCUT2D eigenvalue weighted by Gasteiger charge is 2.59. The summed E-state index contributed by atoms with van der Waals surface area (Å²) in [6, 6.07) is 18.2. The van der Waals surface area contributed by atoms with Gasteiger partial charge in [0.1, 0.15) is 5.01 Å². The van der Waals surface area contributed by atoms with Gasteiger partial charge in [-0.15, -0.1) is 22.7 Å². The first-order valence-electron chi connectivity index (χ1n) is 11.9. The number of carboxylic acid groups (broad SMARTS) is 1. The maximum atomic E-state index is 12.4. The molecule has 1 fully saturated rings. The van der Waals surface area contributed by atoms with Gasteiger partial charge < -0.3 is 10.2 Å². The molecule has 5 rings (SSSR count). The molecule has 192 valence electrons. The van der Waals surface area contributed by atoms with Crippen molar-refractivity contribution in [2.75, 3.05) is 0 Å². The number of halogens is 1. The molecule has 1 aliphatic rings. The lowest BCUT2D eigenvalue weighted by Crippen LogP contribution is -2.67. The molecule has 0 aliphatic heterocycles. The van der Waals surface area contributed by atoms with Gasteiger partial charge in [0.2, 0.25) is 0 Å². The molecule has 37 heavy (non-hydrogen) atoms. The Bertz CT molecular complexity index is 1430. The summed E-state index contributed by atoms with van der Waals surface area (Å²) in [5.74, 6) is 0. The van der Waals surface area contributed by atoms with E-state index in [0.717, 1.165) is 41.1 Å². The third kappa shape index (κ3) is 4.85. The molecule has 0 radical (unpaired) electrons. The first kappa shape index (κ1) is 26.0. The molecule has 1 amide bonds. The summed E-state index contributed by atoms with van der Waals surface area (Å²) in [5, 5.41) is 21.8. The topological polar surface area (TPSA) is 86.6 Å². The van der Waals surface area contributed by atoms with Crippen molar-refractivity contribution in [3.63, 3.8) is 0 Å². The van der Waals surface area contributed by atoms with E-state index in [-0.39, 0.29) is 0 Å². The highest BCUT2D eigenvalue weighted by Crippen LogP contribution is 2.55. The quantitative estimate of drug-likeness (QED) is 0.244. The fraction of sp³-hybridized carbons (Fsp3) is 0.321. The van der Waals surface area contributed by atoms with Crippen LogP contribution in [0, 0.1) is 0 Å². The third-order valence-electron chi connectivity index (χ3n) is 6.68. The summed E-state index contributed by atoms with van der Waals surface area (Å²) >= 11 is 6.62. The molecule has 2 aromatic heterocycles. The van der Waals surface area contributed by atoms with Crippen LogP contribution in [-0.2, 0) is 5.54 Å². The molecule has 0 saturated heterocycles. The lowest BCUT2D eigenvalue weighted by atomic mass is 9.60. The number of nitrogens with zero attached hydrogens (tertiary/aromatic N) is 3. The summed E-state index contributed by atoms with van der Waals surface area (Å²) in [5.41, 5.74) is 1.46. The Labute approximate surface area is 232 Å². The van der Waals surface area contributed by atoms with Gasteiger partial charge in [0.25, 0.3) is 0 Å². The summed E-state index contributed by atoms with van der Waals surface area (Å²) < 4.78 is 0.813. The van der Waals surface area contributed by atoms with Crippen LogP contribution in [0.4, 0.5) is 4.79 Å². The molecule has 0 spiro atoms. The van der Waals surface area contributed by atoms with Crippen molar-refractivity contribution in [2.24, 2.45) is 0 Å². The fourth-order valence-corrected chi connectivity index (χ4v) is 7.91. The molecule has 9 heteroatoms. The van der Waals surface area contributed by atoms with Crippen LogP contribution in [0.3, 0.4) is 0 Å². The van der Waals surface area contributed by atoms with Gasteiger partial charge in [-0.05, 0) is 54.8 Å². The number of hydrogen-bond acceptors (Lipinski definition) is 6. The van der Waals surface area contributed by atoms with Gasteiger partial charge >= 0.3 is 6.09 Å². The van der Waals surface area contributed by atoms with Crippen molar-refractivity contribution in [1.82, 2.24) is 14.9 Å². The van der Waals surface area contributed by atoms with Gasteiger partial charge in [-0.3, -0.25) is 4.90 Å². The summed E-state index contributed by atoms with van der Waals surface area (Å²) in [4.78, 5) is 25.3. The predicted octanol–water partition coefficient (Wildman–Crippen LogP) is 7.88. The van der Waals surface area contributed by atoms with Crippen LogP contribution in [0.1, 0.15) is 46.1 Å². The lowest BCUT2D eigenvalue weighted by Gasteiger charge is -2.60. The third-order valence-corrected chi connectivity index (χ3v) is 9.43. The van der Waals surface area contributed by atoms with Gasteiger partial charge in [-0.2, -0.15) is 0 Å². The zero-order valence-electron chi connectivity index (χ0n) is 21.0. The van der Waals surface area contributed by atoms with E-state index in [1.807, 2.05) is 69.4 Å². The van der Waals surface area contributed by atoms with Gasteiger partial charge in [0, 0.05) is 30.1 Å². The number of aliphatic hydroxyl groups is 1. The van der Waals surface area contributed by atoms with Crippen LogP contribution < -0.4 is 0 Å². The van der Waals surface area contributed by atoms with E-state index in [1.54, 1.807) is 29.6 Å². The molecule has 0 bridgehead atoms. The second-order valence-corrected chi connectivity index (χ2v) is 14.1. The molecule has 1 saturated carbocycles. The van der Waals surface area contributed by atoms with Crippen LogP contribution in [0.15, 0.2) is 64.7 Å². The number of hydrogen-bond donors (Lipinski definition) is 2. The number of benzene rings is 2. The van der Waals surface area contributed by atoms with Crippen molar-refractivity contribution in [2.45, 2.75) is 57.2 Å². The Balaban J connectivity index is 1.59. The van der Waals surface area contributed by atoms with Gasteiger partial charge in [0.15, 0.2) is 3.92 Å². The van der Waals surface area contributed by atoms with Crippen LogP contribution in [0.2, 0.25) is 0 Å². The molecular weight excluding hydrogens is 570 g/mol. The Hall–Kier alpha value is -2.59. The average Bonchev–Trinajstić information content (AvgIpc) is 3.44. The Kier molecular flexibility index (Phi) is 6.55. The molecule has 2 aromatic carbocycles. The SMILES string of the molecule is CC(C)(C)N(C(=O)O)[C@]1(c2ccc(-c3nc(-c4cnc(Br)s4)sc3-c3ccccc3)cc2)C[C@](C)(O)C1. The highest BCUT2D eigenvalue weighted by molar-refractivity contribution is 9.11. The van der Waals surface area contributed by atoms with E-state index in [1.165, 1.54) is 4.90 Å². The van der Waals surface area contributed by atoms with E-state index in [2.05, 4.69) is 33.0 Å². The summed E-state index contributed by atoms with van der Waals surface area (Å²) in [6.07, 6.45) is 1.53. The molecular formula is C28H28BrN3O3S2. The normalized spacial score (nSPS) is 21.5. The van der Waals surface area contributed by atoms with Crippen molar-refractivity contribution in [1.29, 1.82) is 0 Å². The molecule has 2 heterocycles. The minimum absolute atomic E-state index is 0.347. The molecule has 0 atom stereocenters. The van der Waals surface area contributed by atoms with E-state index >= 15 is 0 Å². The maximum absolute atomic E-state index is 12.4. The van der Waals surface area contributed by atoms with Crippen LogP contribution in [0.25, 0.3) is 31.6 Å². The van der Waals surface area contributed by atoms with Crippen LogP contribution >= 0.6 is 38.6 Å². The van der Waals surface area contributed by atoms with Crippen molar-refractivity contribution < 1.29 is 15.0 Å². The second-order valence-electron chi connectivity index (χ2n) is 10.8. The van der Waals surface area contributed by atoms with E-state index in [9.17, 15) is 15.0 Å². The second kappa shape index (κ2) is 9.31. The molecule has 4 aromatic rings. The predicted molar refractivity (Wildman–Crippen MR) is 153 cm³/mol. The minimum Gasteiger partial charge on any atom is -0.465 e. The van der Waals surface area contributed by atoms with Crippen molar-refractivity contribution in [3.05, 3.63) is 70.3 Å². The Morgan fingerprint density at radius 2 is 1.68 bits per heavy atom. The van der Waals surface area contributed by atoms with E-state index < -0.39 is 22.8 Å². The van der Waals surface area contributed by atoms with Crippen LogP contribution in [0.5, 0.6) is 0 Å². The average molecular weight is 599 g/mol. The number of carbonyl (C=O) groups is 1. The standard InChI is InChI=1S/C28H28BrN3O3S2/c1-26(2,3)32(25(33)34)28(15-27(4,35)16-28)19-12-10-17(11-13-19)21-22(18-8-6-5-7-9-18)37-23(31-21)20-14-30-24(29)36-20/h5-14,35H,15-16H2,1-4H3,(H,33,34)/t27-,28+. The summed E-state index contributed by atoms with van der Waals surface area (Å²) in [7, 11) is 0. The minimum atomic E-state index is -0.988. The number of thiazole rings is 2. The maximum Gasteiger partial charge on any atom is 0.408 e. The molecule has 6 nitrogen and oxygen atoms in total. The molecule has 2 N–H and O–H groups in total. The van der Waals surface area contributed by atoms with Crippen LogP contribution in [-0.4, -0.2) is 42.3 Å². The zero-order chi connectivity index (χ0) is 26.6. The molecule has 1 aliphatic carbocycles. The van der Waals surface area contributed by atoms with Crippen molar-refractivity contribution in [3.8, 4) is 31.6 Å². The Morgan fingerprint density at radius 3 is 2.19 bits per heavy atom. The molecule has 0 unspecified atom stereocenters. The smallest absolute Gasteiger partial charge is 0.408 e. The lowest BCUT2D eigenvalue weighted by molar-refractivity contribution is -0.152. The van der Waals surface area contributed by atoms with Gasteiger partial charge in [-0.25, -0.2) is 14.8 Å². The van der Waals surface area contributed by atoms with E-state index in [0.29, 0.717) is 12.8 Å². The summed E-state index contributed by atoms with van der Waals surface area (Å²) in [6.45, 7) is 7.45. The van der Waals surface area contributed by atoms with Crippen molar-refractivity contribution >= 4 is 44.7 Å². The van der Waals surface area contributed by atoms with E-state index in [4.69, 9.17) is 4.98 Å². The number of amides is 1. The zero-order valence-corrected chi connectivity index (χ0v) is 24.2. The monoisotopic (exact) mass is 597 g/mol. The largest absolute Gasteiger partial charge is 0.465 e. The first-order chi connectivity index (χ1) is 17.4. The number of aromatic nitrogens is 2. The highest BCUT2D eigenvalue weighted by atomic mass is 79.9. The fourth-order valence-electron chi connectivity index (χ4n) is 5.51. The van der Waals surface area contributed by atoms with Gasteiger partial charge in [0.05, 0.1) is 26.6 Å². The Morgan fingerprint density at radius 1 is 1.03 bits per heavy atom. The first-order valence-corrected chi connectivity index (χ1v) is 14.4. The van der Waals surface area contributed by atoms with Gasteiger partial charge in [-0.1, -0.05) is 54.6 Å².